The second kappa shape index (κ2) is 7.88. The number of hydrogen-bond donors (Lipinski definition) is 0. The first-order chi connectivity index (χ1) is 13.5. The summed E-state index contributed by atoms with van der Waals surface area (Å²) in [6, 6.07) is 6.38. The molecule has 1 aliphatic heterocycles. The molecule has 0 bridgehead atoms. The van der Waals surface area contributed by atoms with E-state index in [1.807, 2.05) is 35.8 Å². The van der Waals surface area contributed by atoms with Gasteiger partial charge in [-0.15, -0.1) is 0 Å². The lowest BCUT2D eigenvalue weighted by atomic mass is 9.95. The van der Waals surface area contributed by atoms with Gasteiger partial charge in [-0.1, -0.05) is 0 Å². The van der Waals surface area contributed by atoms with Gasteiger partial charge in [0.05, 0.1) is 11.3 Å². The summed E-state index contributed by atoms with van der Waals surface area (Å²) in [7, 11) is 3.88. The maximum absolute atomic E-state index is 14.2. The van der Waals surface area contributed by atoms with Gasteiger partial charge in [-0.2, -0.15) is 10.4 Å². The second-order valence-electron chi connectivity index (χ2n) is 8.03. The lowest BCUT2D eigenvalue weighted by molar-refractivity contribution is 0.231. The molecule has 2 aliphatic rings. The summed E-state index contributed by atoms with van der Waals surface area (Å²) in [5, 5.41) is 13.8. The van der Waals surface area contributed by atoms with E-state index in [1.54, 1.807) is 6.20 Å². The van der Waals surface area contributed by atoms with Crippen molar-refractivity contribution in [1.29, 1.82) is 5.26 Å². The van der Waals surface area contributed by atoms with E-state index in [2.05, 4.69) is 16.1 Å². The van der Waals surface area contributed by atoms with Gasteiger partial charge >= 0.3 is 0 Å². The van der Waals surface area contributed by atoms with Crippen LogP contribution in [-0.2, 0) is 26.4 Å². The van der Waals surface area contributed by atoms with E-state index >= 15 is 0 Å². The van der Waals surface area contributed by atoms with Crippen molar-refractivity contribution >= 4 is 5.82 Å². The van der Waals surface area contributed by atoms with Crippen molar-refractivity contribution in [3.8, 4) is 6.07 Å². The Morgan fingerprint density at radius 1 is 1.36 bits per heavy atom. The quantitative estimate of drug-likeness (QED) is 0.796. The van der Waals surface area contributed by atoms with Crippen LogP contribution in [0.4, 0.5) is 10.2 Å². The Morgan fingerprint density at radius 2 is 2.18 bits per heavy atom. The van der Waals surface area contributed by atoms with Crippen LogP contribution >= 0.6 is 0 Å². The highest BCUT2D eigenvalue weighted by molar-refractivity contribution is 5.56. The van der Waals surface area contributed by atoms with E-state index in [0.29, 0.717) is 31.6 Å². The number of alkyl halides is 1. The zero-order chi connectivity index (χ0) is 19.7. The minimum absolute atomic E-state index is 0.0827. The summed E-state index contributed by atoms with van der Waals surface area (Å²) in [4.78, 5) is 9.05. The Hall–Kier alpha value is -2.46. The molecular formula is C21H27FN6. The molecule has 2 aromatic rings. The largest absolute Gasteiger partial charge is 0.357 e. The molecule has 28 heavy (non-hydrogen) atoms. The molecule has 148 valence electrons. The van der Waals surface area contributed by atoms with Crippen LogP contribution in [0.25, 0.3) is 0 Å². The molecule has 0 amide bonds. The smallest absolute Gasteiger partial charge is 0.146 e. The number of likely N-dealkylation sites (N-methyl/N-ethyl adjacent to an activating group) is 1. The van der Waals surface area contributed by atoms with Crippen molar-refractivity contribution in [2.45, 2.75) is 50.9 Å². The molecule has 0 radical (unpaired) electrons. The molecule has 4 rings (SSSR count). The van der Waals surface area contributed by atoms with Crippen LogP contribution in [0.5, 0.6) is 0 Å². The number of rotatable bonds is 5. The van der Waals surface area contributed by atoms with Crippen molar-refractivity contribution < 1.29 is 4.39 Å². The number of nitriles is 1. The summed E-state index contributed by atoms with van der Waals surface area (Å²) >= 11 is 0. The van der Waals surface area contributed by atoms with Gasteiger partial charge in [0.15, 0.2) is 0 Å². The van der Waals surface area contributed by atoms with Gasteiger partial charge < -0.3 is 4.90 Å². The van der Waals surface area contributed by atoms with E-state index in [4.69, 9.17) is 4.98 Å². The van der Waals surface area contributed by atoms with Crippen LogP contribution in [-0.4, -0.2) is 52.0 Å². The average Bonchev–Trinajstić information content (AvgIpc) is 3.25. The molecule has 0 aromatic carbocycles. The van der Waals surface area contributed by atoms with Gasteiger partial charge in [-0.3, -0.25) is 9.58 Å². The maximum Gasteiger partial charge on any atom is 0.146 e. The van der Waals surface area contributed by atoms with Crippen molar-refractivity contribution in [2.75, 3.05) is 25.0 Å². The third kappa shape index (κ3) is 3.74. The van der Waals surface area contributed by atoms with Gasteiger partial charge in [-0.05, 0) is 49.8 Å². The number of pyridine rings is 1. The number of aryl methyl sites for hydroxylation is 3. The summed E-state index contributed by atoms with van der Waals surface area (Å²) in [5.41, 5.74) is 4.03. The lowest BCUT2D eigenvalue weighted by Gasteiger charge is -2.30. The topological polar surface area (TPSA) is 61.0 Å². The molecule has 2 atom stereocenters. The molecule has 6 nitrogen and oxygen atoms in total. The zero-order valence-corrected chi connectivity index (χ0v) is 16.6. The predicted octanol–water partition coefficient (Wildman–Crippen LogP) is 2.61. The van der Waals surface area contributed by atoms with E-state index in [1.165, 1.54) is 5.56 Å². The molecular weight excluding hydrogens is 355 g/mol. The fourth-order valence-electron chi connectivity index (χ4n) is 4.47. The first-order valence-corrected chi connectivity index (χ1v) is 10.0. The molecule has 1 aliphatic carbocycles. The fraction of sp³-hybridized carbons (Fsp3) is 0.571. The molecule has 2 aromatic heterocycles. The highest BCUT2D eigenvalue weighted by atomic mass is 19.1. The van der Waals surface area contributed by atoms with Gasteiger partial charge in [-0.25, -0.2) is 9.37 Å². The molecule has 0 N–H and O–H groups in total. The van der Waals surface area contributed by atoms with Crippen LogP contribution in [0.3, 0.4) is 0 Å². The van der Waals surface area contributed by atoms with E-state index in [0.717, 1.165) is 42.9 Å². The molecule has 0 unspecified atom stereocenters. The van der Waals surface area contributed by atoms with Crippen LogP contribution in [0, 0.1) is 11.3 Å². The molecule has 1 saturated heterocycles. The summed E-state index contributed by atoms with van der Waals surface area (Å²) in [6.07, 6.45) is 5.76. The lowest BCUT2D eigenvalue weighted by Crippen LogP contribution is -2.39. The Kier molecular flexibility index (Phi) is 5.31. The number of halogens is 1. The monoisotopic (exact) mass is 382 g/mol. The summed E-state index contributed by atoms with van der Waals surface area (Å²) in [5.74, 6) is 0.728. The Bertz CT molecular complexity index is 886. The predicted molar refractivity (Wildman–Crippen MR) is 106 cm³/mol. The van der Waals surface area contributed by atoms with Gasteiger partial charge in [0.2, 0.25) is 0 Å². The van der Waals surface area contributed by atoms with E-state index < -0.39 is 6.17 Å². The number of nitrogens with zero attached hydrogens (tertiary/aromatic N) is 6. The van der Waals surface area contributed by atoms with Gasteiger partial charge in [0, 0.05) is 51.7 Å². The minimum atomic E-state index is -0.821. The number of hydrogen-bond acceptors (Lipinski definition) is 5. The van der Waals surface area contributed by atoms with Crippen LogP contribution in [0.2, 0.25) is 0 Å². The zero-order valence-electron chi connectivity index (χ0n) is 16.6. The van der Waals surface area contributed by atoms with Crippen LogP contribution in [0.15, 0.2) is 18.3 Å². The van der Waals surface area contributed by atoms with Crippen LogP contribution in [0.1, 0.15) is 41.8 Å². The SMILES string of the molecule is CN(C[C@@H]1C[C@H](F)CN1Cc1ccnn1C)c1nc2c(cc1C#N)CCCC2. The number of aromatic nitrogens is 3. The van der Waals surface area contributed by atoms with E-state index in [-0.39, 0.29) is 6.04 Å². The average molecular weight is 382 g/mol. The Morgan fingerprint density at radius 3 is 2.93 bits per heavy atom. The third-order valence-electron chi connectivity index (χ3n) is 6.01. The Balaban J connectivity index is 1.53. The fourth-order valence-corrected chi connectivity index (χ4v) is 4.47. The van der Waals surface area contributed by atoms with Gasteiger partial charge in [0.25, 0.3) is 0 Å². The van der Waals surface area contributed by atoms with Crippen molar-refractivity contribution in [2.24, 2.45) is 7.05 Å². The summed E-state index contributed by atoms with van der Waals surface area (Å²) in [6.45, 7) is 1.77. The minimum Gasteiger partial charge on any atom is -0.357 e. The number of anilines is 1. The first-order valence-electron chi connectivity index (χ1n) is 10.0. The summed E-state index contributed by atoms with van der Waals surface area (Å²) < 4.78 is 16.1. The van der Waals surface area contributed by atoms with Crippen LogP contribution < -0.4 is 4.90 Å². The van der Waals surface area contributed by atoms with Crippen molar-refractivity contribution in [1.82, 2.24) is 19.7 Å². The number of fused-ring (bicyclic) bond motifs is 1. The normalized spacial score (nSPS) is 22.1. The molecule has 3 heterocycles. The molecule has 0 spiro atoms. The van der Waals surface area contributed by atoms with Crippen molar-refractivity contribution in [3.63, 3.8) is 0 Å². The molecule has 1 fully saturated rings. The maximum atomic E-state index is 14.2. The molecule has 0 saturated carbocycles. The Labute approximate surface area is 165 Å². The first kappa shape index (κ1) is 18.9. The standard InChI is InChI=1S/C21H27FN6/c1-26(21-16(11-23)9-15-5-3-4-6-20(15)25-21)13-19-10-17(22)12-28(19)14-18-7-8-24-27(18)2/h7-9,17,19H,3-6,10,12-14H2,1-2H3/t17-,19-/m0/s1. The van der Waals surface area contributed by atoms with Gasteiger partial charge in [0.1, 0.15) is 18.1 Å². The highest BCUT2D eigenvalue weighted by Crippen LogP contribution is 2.28. The molecule has 7 heteroatoms. The van der Waals surface area contributed by atoms with Crippen molar-refractivity contribution in [3.05, 3.63) is 40.8 Å². The van der Waals surface area contributed by atoms with E-state index in [9.17, 15) is 9.65 Å². The third-order valence-corrected chi connectivity index (χ3v) is 6.01. The number of likely N-dealkylation sites (tertiary alicyclic amines) is 1. The highest BCUT2D eigenvalue weighted by Gasteiger charge is 2.33. The second-order valence-corrected chi connectivity index (χ2v) is 8.03.